The first kappa shape index (κ1) is 23.2. The fourth-order valence-corrected chi connectivity index (χ4v) is 4.60. The molecule has 0 saturated carbocycles. The summed E-state index contributed by atoms with van der Waals surface area (Å²) in [5.41, 5.74) is 2.55. The minimum Gasteiger partial charge on any atom is -0.305 e. The standard InChI is InChI=1S/C26H24F2N8O/c1-34-7-9-35(10-8-34)15-16-3-2-4-17(11-16)26(37)31-25-19-13-21(28)23(30-24(19)32-33-25)20-14-29-36-6-5-18(27)12-22(20)36/h2-6,11-14H,7-10,15H2,1H3,(H2,30,31,32,33,37). The molecule has 1 fully saturated rings. The summed E-state index contributed by atoms with van der Waals surface area (Å²) in [5.74, 6) is -1.28. The normalized spacial score (nSPS) is 15.0. The Labute approximate surface area is 210 Å². The summed E-state index contributed by atoms with van der Waals surface area (Å²) < 4.78 is 30.4. The minimum atomic E-state index is -0.641. The van der Waals surface area contributed by atoms with Crippen LogP contribution in [0.2, 0.25) is 0 Å². The van der Waals surface area contributed by atoms with Crippen LogP contribution in [-0.2, 0) is 6.54 Å². The Morgan fingerprint density at radius 1 is 1.11 bits per heavy atom. The third-order valence-corrected chi connectivity index (χ3v) is 6.67. The van der Waals surface area contributed by atoms with E-state index in [0.29, 0.717) is 22.0 Å². The molecule has 0 atom stereocenters. The molecule has 0 unspecified atom stereocenters. The molecule has 2 N–H and O–H groups in total. The van der Waals surface area contributed by atoms with Crippen molar-refractivity contribution in [2.75, 3.05) is 38.5 Å². The molecule has 0 aliphatic carbocycles. The van der Waals surface area contributed by atoms with Crippen LogP contribution in [0.1, 0.15) is 15.9 Å². The van der Waals surface area contributed by atoms with E-state index in [9.17, 15) is 9.18 Å². The summed E-state index contributed by atoms with van der Waals surface area (Å²) in [6, 6.07) is 11.3. The highest BCUT2D eigenvalue weighted by Crippen LogP contribution is 2.30. The number of nitrogens with one attached hydrogen (secondary N) is 2. The molecule has 1 aliphatic rings. The largest absolute Gasteiger partial charge is 0.305 e. The van der Waals surface area contributed by atoms with Gasteiger partial charge in [-0.1, -0.05) is 12.1 Å². The summed E-state index contributed by atoms with van der Waals surface area (Å²) in [4.78, 5) is 22.0. The maximum Gasteiger partial charge on any atom is 0.256 e. The summed E-state index contributed by atoms with van der Waals surface area (Å²) >= 11 is 0. The zero-order valence-corrected chi connectivity index (χ0v) is 20.1. The second-order valence-electron chi connectivity index (χ2n) is 9.25. The van der Waals surface area contributed by atoms with Crippen LogP contribution in [0.15, 0.2) is 54.9 Å². The number of aromatic amines is 1. The molecule has 5 heterocycles. The van der Waals surface area contributed by atoms with Crippen molar-refractivity contribution in [1.82, 2.24) is 34.6 Å². The fourth-order valence-electron chi connectivity index (χ4n) is 4.60. The number of fused-ring (bicyclic) bond motifs is 2. The summed E-state index contributed by atoms with van der Waals surface area (Å²) in [5, 5.41) is 14.1. The topological polar surface area (TPSA) is 94.4 Å². The van der Waals surface area contributed by atoms with Gasteiger partial charge < -0.3 is 10.2 Å². The summed E-state index contributed by atoms with van der Waals surface area (Å²) in [6.45, 7) is 4.78. The van der Waals surface area contributed by atoms with Gasteiger partial charge in [0.25, 0.3) is 5.91 Å². The van der Waals surface area contributed by atoms with Gasteiger partial charge in [0.15, 0.2) is 17.3 Å². The molecule has 37 heavy (non-hydrogen) atoms. The lowest BCUT2D eigenvalue weighted by Crippen LogP contribution is -2.43. The number of carbonyl (C=O) groups is 1. The van der Waals surface area contributed by atoms with Crippen LogP contribution in [0.5, 0.6) is 0 Å². The molecular weight excluding hydrogens is 478 g/mol. The molecule has 0 bridgehead atoms. The Balaban J connectivity index is 1.24. The Morgan fingerprint density at radius 2 is 1.95 bits per heavy atom. The average Bonchev–Trinajstić information content (AvgIpc) is 3.48. The smallest absolute Gasteiger partial charge is 0.256 e. The molecule has 0 radical (unpaired) electrons. The maximum absolute atomic E-state index is 15.2. The van der Waals surface area contributed by atoms with Crippen LogP contribution < -0.4 is 5.32 Å². The highest BCUT2D eigenvalue weighted by molar-refractivity contribution is 6.07. The Hall–Kier alpha value is -4.22. The quantitative estimate of drug-likeness (QED) is 0.382. The minimum absolute atomic E-state index is 0.00577. The first-order chi connectivity index (χ1) is 17.9. The van der Waals surface area contributed by atoms with Gasteiger partial charge >= 0.3 is 0 Å². The number of likely N-dealkylation sites (N-methyl/N-ethyl adjacent to an activating group) is 1. The monoisotopic (exact) mass is 502 g/mol. The van der Waals surface area contributed by atoms with Crippen LogP contribution in [0, 0.1) is 11.6 Å². The number of anilines is 1. The van der Waals surface area contributed by atoms with Crippen LogP contribution in [0.25, 0.3) is 27.8 Å². The molecule has 9 nitrogen and oxygen atoms in total. The molecule has 5 aromatic rings. The molecule has 1 saturated heterocycles. The van der Waals surface area contributed by atoms with Crippen LogP contribution in [0.4, 0.5) is 14.6 Å². The van der Waals surface area contributed by atoms with E-state index in [2.05, 4.69) is 42.4 Å². The predicted molar refractivity (Wildman–Crippen MR) is 135 cm³/mol. The van der Waals surface area contributed by atoms with Crippen molar-refractivity contribution in [2.45, 2.75) is 6.54 Å². The summed E-state index contributed by atoms with van der Waals surface area (Å²) in [6.07, 6.45) is 2.88. The third kappa shape index (κ3) is 4.54. The highest BCUT2D eigenvalue weighted by atomic mass is 19.1. The van der Waals surface area contributed by atoms with Gasteiger partial charge in [0.1, 0.15) is 11.5 Å². The van der Waals surface area contributed by atoms with Crippen molar-refractivity contribution in [3.63, 3.8) is 0 Å². The van der Waals surface area contributed by atoms with Crippen molar-refractivity contribution < 1.29 is 13.6 Å². The van der Waals surface area contributed by atoms with E-state index in [4.69, 9.17) is 0 Å². The van der Waals surface area contributed by atoms with Crippen LogP contribution in [-0.4, -0.2) is 73.7 Å². The Morgan fingerprint density at radius 3 is 2.78 bits per heavy atom. The number of H-pyrrole nitrogens is 1. The van der Waals surface area contributed by atoms with E-state index in [1.807, 2.05) is 18.2 Å². The summed E-state index contributed by atoms with van der Waals surface area (Å²) in [7, 11) is 2.12. The fraction of sp³-hybridized carbons (Fsp3) is 0.231. The van der Waals surface area contributed by atoms with Crippen molar-refractivity contribution in [3.05, 3.63) is 77.6 Å². The molecular formula is C26H24F2N8O. The average molecular weight is 503 g/mol. The van der Waals surface area contributed by atoms with E-state index in [-0.39, 0.29) is 23.1 Å². The zero-order chi connectivity index (χ0) is 25.5. The van der Waals surface area contributed by atoms with Gasteiger partial charge in [-0.15, -0.1) is 0 Å². The lowest BCUT2D eigenvalue weighted by molar-refractivity contribution is 0.102. The zero-order valence-electron chi connectivity index (χ0n) is 20.1. The Bertz CT molecular complexity index is 1620. The number of carbonyl (C=O) groups excluding carboxylic acids is 1. The molecule has 1 aliphatic heterocycles. The number of aromatic nitrogens is 5. The number of hydrogen-bond acceptors (Lipinski definition) is 6. The van der Waals surface area contributed by atoms with E-state index in [1.54, 1.807) is 6.07 Å². The highest BCUT2D eigenvalue weighted by Gasteiger charge is 2.19. The van der Waals surface area contributed by atoms with E-state index in [1.165, 1.54) is 35.1 Å². The van der Waals surface area contributed by atoms with Crippen molar-refractivity contribution >= 4 is 28.3 Å². The van der Waals surface area contributed by atoms with Crippen molar-refractivity contribution in [3.8, 4) is 11.3 Å². The van der Waals surface area contributed by atoms with Crippen LogP contribution >= 0.6 is 0 Å². The number of halogens is 2. The molecule has 1 aromatic carbocycles. The molecule has 188 valence electrons. The van der Waals surface area contributed by atoms with Gasteiger partial charge in [-0.25, -0.2) is 18.3 Å². The maximum atomic E-state index is 15.2. The second kappa shape index (κ2) is 9.34. The van der Waals surface area contributed by atoms with Gasteiger partial charge in [0.05, 0.1) is 17.1 Å². The molecule has 1 amide bonds. The number of hydrogen-bond donors (Lipinski definition) is 2. The number of rotatable bonds is 5. The second-order valence-corrected chi connectivity index (χ2v) is 9.25. The third-order valence-electron chi connectivity index (χ3n) is 6.67. The van der Waals surface area contributed by atoms with Gasteiger partial charge in [0.2, 0.25) is 0 Å². The lowest BCUT2D eigenvalue weighted by atomic mass is 10.1. The number of nitrogens with zero attached hydrogens (tertiary/aromatic N) is 6. The number of piperazine rings is 1. The van der Waals surface area contributed by atoms with E-state index in [0.717, 1.165) is 38.3 Å². The van der Waals surface area contributed by atoms with Gasteiger partial charge in [-0.05, 0) is 36.9 Å². The SMILES string of the molecule is CN1CCN(Cc2cccc(C(=O)Nc3n[nH]c4nc(-c5cnn6ccc(F)cc56)c(F)cc34)c2)CC1. The number of amides is 1. The first-order valence-electron chi connectivity index (χ1n) is 11.9. The van der Waals surface area contributed by atoms with E-state index < -0.39 is 11.6 Å². The predicted octanol–water partition coefficient (Wildman–Crippen LogP) is 3.55. The molecule has 6 rings (SSSR count). The van der Waals surface area contributed by atoms with Crippen molar-refractivity contribution in [1.29, 1.82) is 0 Å². The van der Waals surface area contributed by atoms with Gasteiger partial charge in [-0.3, -0.25) is 14.8 Å². The van der Waals surface area contributed by atoms with Crippen molar-refractivity contribution in [2.24, 2.45) is 0 Å². The van der Waals surface area contributed by atoms with Crippen LogP contribution in [0.3, 0.4) is 0 Å². The van der Waals surface area contributed by atoms with E-state index >= 15 is 4.39 Å². The number of benzene rings is 1. The number of pyridine rings is 2. The first-order valence-corrected chi connectivity index (χ1v) is 11.9. The molecule has 11 heteroatoms. The van der Waals surface area contributed by atoms with Gasteiger partial charge in [-0.2, -0.15) is 10.2 Å². The van der Waals surface area contributed by atoms with Gasteiger partial charge in [0, 0.05) is 56.1 Å². The Kier molecular flexibility index (Phi) is 5.85. The molecule has 0 spiro atoms. The lowest BCUT2D eigenvalue weighted by Gasteiger charge is -2.32. The molecule has 4 aromatic heterocycles.